The van der Waals surface area contributed by atoms with Crippen molar-refractivity contribution in [2.75, 3.05) is 0 Å². The van der Waals surface area contributed by atoms with E-state index in [0.29, 0.717) is 21.4 Å². The van der Waals surface area contributed by atoms with Crippen molar-refractivity contribution in [3.63, 3.8) is 0 Å². The molecule has 2 aromatic rings. The van der Waals surface area contributed by atoms with Crippen LogP contribution >= 0.6 is 15.9 Å². The second-order valence-corrected chi connectivity index (χ2v) is 11.8. The lowest BCUT2D eigenvalue weighted by molar-refractivity contribution is 0.0418. The van der Waals surface area contributed by atoms with Gasteiger partial charge in [0, 0.05) is 10.2 Å². The van der Waals surface area contributed by atoms with E-state index in [1.165, 1.54) is 6.42 Å². The van der Waals surface area contributed by atoms with Crippen LogP contribution in [0.15, 0.2) is 36.4 Å². The van der Waals surface area contributed by atoms with Gasteiger partial charge in [0.25, 0.3) is 0 Å². The first-order chi connectivity index (χ1) is 17.6. The van der Waals surface area contributed by atoms with E-state index in [0.717, 1.165) is 62.8 Å². The first kappa shape index (κ1) is 26.8. The number of ether oxygens (including phenoxy) is 2. The van der Waals surface area contributed by atoms with E-state index < -0.39 is 34.9 Å². The second kappa shape index (κ2) is 10.4. The molecule has 9 heteroatoms. The van der Waals surface area contributed by atoms with Gasteiger partial charge in [-0.15, -0.1) is 0 Å². The number of allylic oxidation sites excluding steroid dienone is 2. The summed E-state index contributed by atoms with van der Waals surface area (Å²) in [6.07, 6.45) is 11.9. The number of alkyl halides is 1. The predicted octanol–water partition coefficient (Wildman–Crippen LogP) is 8.06. The van der Waals surface area contributed by atoms with Crippen LogP contribution < -0.4 is 0 Å². The molecule has 0 amide bonds. The van der Waals surface area contributed by atoms with Crippen molar-refractivity contribution in [3.8, 4) is 0 Å². The van der Waals surface area contributed by atoms with Crippen molar-refractivity contribution in [3.05, 3.63) is 82.4 Å². The van der Waals surface area contributed by atoms with Crippen molar-refractivity contribution in [1.82, 2.24) is 0 Å². The zero-order chi connectivity index (χ0) is 26.4. The Hall–Kier alpha value is -1.84. The molecule has 37 heavy (non-hydrogen) atoms. The van der Waals surface area contributed by atoms with Crippen LogP contribution in [-0.2, 0) is 22.7 Å². The number of hydrogen-bond acceptors (Lipinski definition) is 2. The highest BCUT2D eigenvalue weighted by atomic mass is 79.9. The lowest BCUT2D eigenvalue weighted by atomic mass is 10.0. The molecule has 0 bridgehead atoms. The van der Waals surface area contributed by atoms with Gasteiger partial charge in [-0.05, 0) is 85.8 Å². The van der Waals surface area contributed by atoms with Gasteiger partial charge in [-0.25, -0.2) is 26.3 Å². The summed E-state index contributed by atoms with van der Waals surface area (Å²) < 4.78 is 89.0. The summed E-state index contributed by atoms with van der Waals surface area (Å²) >= 11 is 3.62. The molecule has 0 radical (unpaired) electrons. The van der Waals surface area contributed by atoms with Gasteiger partial charge in [0.05, 0.1) is 25.4 Å². The summed E-state index contributed by atoms with van der Waals surface area (Å²) in [6, 6.07) is 3.96. The van der Waals surface area contributed by atoms with Crippen LogP contribution in [0, 0.1) is 45.7 Å². The maximum absolute atomic E-state index is 13.0. The van der Waals surface area contributed by atoms with Gasteiger partial charge in [-0.3, -0.25) is 0 Å². The number of halogens is 7. The van der Waals surface area contributed by atoms with Gasteiger partial charge in [0.1, 0.15) is 0 Å². The van der Waals surface area contributed by atoms with E-state index >= 15 is 0 Å². The molecule has 3 fully saturated rings. The molecule has 3 saturated carbocycles. The van der Waals surface area contributed by atoms with Crippen LogP contribution in [0.3, 0.4) is 0 Å². The molecule has 200 valence electrons. The molecule has 4 atom stereocenters. The van der Waals surface area contributed by atoms with Crippen molar-refractivity contribution in [2.45, 2.75) is 75.2 Å². The third-order valence-electron chi connectivity index (χ3n) is 7.92. The molecule has 0 N–H and O–H groups in total. The first-order valence-electron chi connectivity index (χ1n) is 12.4. The normalized spacial score (nSPS) is 28.6. The molecule has 6 rings (SSSR count). The Morgan fingerprint density at radius 1 is 0.676 bits per heavy atom. The second-order valence-electron chi connectivity index (χ2n) is 10.7. The molecular formula is C28H27BrF6O2. The maximum Gasteiger partial charge on any atom is 0.194 e. The van der Waals surface area contributed by atoms with Gasteiger partial charge in [0.15, 0.2) is 34.9 Å². The maximum atomic E-state index is 13.0. The minimum atomic E-state index is -1.43. The van der Waals surface area contributed by atoms with E-state index in [1.54, 1.807) is 0 Å². The van der Waals surface area contributed by atoms with Gasteiger partial charge < -0.3 is 9.47 Å². The van der Waals surface area contributed by atoms with E-state index in [9.17, 15) is 26.3 Å². The summed E-state index contributed by atoms with van der Waals surface area (Å²) in [6.45, 7) is 0.247. The molecule has 0 saturated heterocycles. The highest BCUT2D eigenvalue weighted by Gasteiger charge is 2.56. The highest BCUT2D eigenvalue weighted by Crippen LogP contribution is 2.62. The highest BCUT2D eigenvalue weighted by molar-refractivity contribution is 9.09. The average molecular weight is 589 g/mol. The van der Waals surface area contributed by atoms with E-state index in [4.69, 9.17) is 9.47 Å². The lowest BCUT2D eigenvalue weighted by Crippen LogP contribution is -2.10. The van der Waals surface area contributed by atoms with E-state index in [-0.39, 0.29) is 30.8 Å². The Bertz CT molecular complexity index is 1150. The van der Waals surface area contributed by atoms with Crippen LogP contribution in [0.5, 0.6) is 0 Å². The summed E-state index contributed by atoms with van der Waals surface area (Å²) in [5.74, 6) is -7.52. The lowest BCUT2D eigenvalue weighted by Gasteiger charge is -2.12. The summed E-state index contributed by atoms with van der Waals surface area (Å²) in [4.78, 5) is 0.592. The molecular weight excluding hydrogens is 562 g/mol. The van der Waals surface area contributed by atoms with E-state index in [1.807, 2.05) is 0 Å². The Morgan fingerprint density at radius 2 is 1.11 bits per heavy atom. The van der Waals surface area contributed by atoms with Crippen molar-refractivity contribution in [2.24, 2.45) is 10.8 Å². The zero-order valence-electron chi connectivity index (χ0n) is 20.0. The van der Waals surface area contributed by atoms with Crippen LogP contribution in [0.25, 0.3) is 0 Å². The standard InChI is InChI=1S/C14H14BrF3O.C14H13F3O/c15-12-6-14(12)2-1-9(5-14)19-7-8-3-10(16)13(18)11(17)4-8;15-11-5-9(6-12(16)13(11)17)8-18-10-1-2-14(7-10)3-4-14/h3-4,9,12H,1-2,5-7H2;3-6,10H,1-2,7-8H2. The monoisotopic (exact) mass is 588 g/mol. The number of rotatable bonds is 6. The molecule has 2 spiro atoms. The molecule has 4 aliphatic rings. The van der Waals surface area contributed by atoms with Crippen LogP contribution in [-0.4, -0.2) is 17.0 Å². The Morgan fingerprint density at radius 3 is 1.49 bits per heavy atom. The van der Waals surface area contributed by atoms with Gasteiger partial charge in [-0.2, -0.15) is 0 Å². The van der Waals surface area contributed by atoms with Gasteiger partial charge >= 0.3 is 0 Å². The van der Waals surface area contributed by atoms with Crippen LogP contribution in [0.2, 0.25) is 0 Å². The van der Waals surface area contributed by atoms with E-state index in [2.05, 4.69) is 28.1 Å². The topological polar surface area (TPSA) is 18.5 Å². The van der Waals surface area contributed by atoms with Gasteiger partial charge in [-0.1, -0.05) is 28.1 Å². The van der Waals surface area contributed by atoms with Crippen molar-refractivity contribution >= 4 is 15.9 Å². The first-order valence-corrected chi connectivity index (χ1v) is 13.3. The fourth-order valence-electron chi connectivity index (χ4n) is 5.45. The van der Waals surface area contributed by atoms with Crippen LogP contribution in [0.1, 0.15) is 56.1 Å². The van der Waals surface area contributed by atoms with Gasteiger partial charge in [0.2, 0.25) is 0 Å². The third kappa shape index (κ3) is 6.09. The third-order valence-corrected chi connectivity index (χ3v) is 9.22. The quantitative estimate of drug-likeness (QED) is 0.147. The fraction of sp³-hybridized carbons (Fsp3) is 0.500. The summed E-state index contributed by atoms with van der Waals surface area (Å²) in [7, 11) is 0. The Balaban J connectivity index is 0.000000152. The Labute approximate surface area is 220 Å². The summed E-state index contributed by atoms with van der Waals surface area (Å²) in [5.41, 5.74) is 1.33. The molecule has 4 unspecified atom stereocenters. The molecule has 4 aliphatic carbocycles. The number of hydrogen-bond donors (Lipinski definition) is 0. The average Bonchev–Trinajstić information content (AvgIpc) is 3.62. The molecule has 0 heterocycles. The smallest absolute Gasteiger partial charge is 0.194 e. The molecule has 2 aromatic carbocycles. The molecule has 0 aromatic heterocycles. The Kier molecular flexibility index (Phi) is 7.50. The van der Waals surface area contributed by atoms with Crippen molar-refractivity contribution in [1.29, 1.82) is 0 Å². The number of benzene rings is 2. The predicted molar refractivity (Wildman–Crippen MR) is 129 cm³/mol. The molecule has 2 nitrogen and oxygen atoms in total. The summed E-state index contributed by atoms with van der Waals surface area (Å²) in [5, 5.41) is 0. The van der Waals surface area contributed by atoms with Crippen molar-refractivity contribution < 1.29 is 35.8 Å². The molecule has 0 aliphatic heterocycles. The minimum absolute atomic E-state index is 0.120. The fourth-order valence-corrected chi connectivity index (χ4v) is 6.51. The van der Waals surface area contributed by atoms with Crippen LogP contribution in [0.4, 0.5) is 26.3 Å². The zero-order valence-corrected chi connectivity index (χ0v) is 21.6. The largest absolute Gasteiger partial charge is 0.374 e. The minimum Gasteiger partial charge on any atom is -0.374 e. The SMILES string of the molecule is Fc1cc(COC2CCC3(C2)CC3Br)cc(F)c1F.Fc1cc(COC2CCC3(C=C3)C2)cc(F)c1F.